The van der Waals surface area contributed by atoms with Crippen molar-refractivity contribution in [2.24, 2.45) is 5.84 Å². The number of rotatable bonds is 3. The largest absolute Gasteiger partial charge is 0.271 e. The quantitative estimate of drug-likeness (QED) is 0.658. The maximum atomic E-state index is 6.13. The second-order valence-corrected chi connectivity index (χ2v) is 6.49. The average Bonchev–Trinajstić information content (AvgIpc) is 2.71. The van der Waals surface area contributed by atoms with Gasteiger partial charge in [0.2, 0.25) is 0 Å². The molecule has 0 bridgehead atoms. The van der Waals surface area contributed by atoms with Gasteiger partial charge in [-0.05, 0) is 57.1 Å². The van der Waals surface area contributed by atoms with Gasteiger partial charge in [0.05, 0.1) is 9.83 Å². The molecule has 1 aromatic carbocycles. The van der Waals surface area contributed by atoms with E-state index in [1.54, 1.807) is 11.3 Å². The van der Waals surface area contributed by atoms with E-state index in [0.29, 0.717) is 0 Å². The number of benzene rings is 1. The number of hydrogen-bond acceptors (Lipinski definition) is 3. The van der Waals surface area contributed by atoms with E-state index in [1.807, 2.05) is 25.1 Å². The molecule has 17 heavy (non-hydrogen) atoms. The summed E-state index contributed by atoms with van der Waals surface area (Å²) in [6.07, 6.45) is 0. The third kappa shape index (κ3) is 2.89. The summed E-state index contributed by atoms with van der Waals surface area (Å²) >= 11 is 11.2. The Bertz CT molecular complexity index is 527. The number of hydrogen-bond donors (Lipinski definition) is 2. The Morgan fingerprint density at radius 3 is 2.65 bits per heavy atom. The molecular weight excluding hydrogens is 320 g/mol. The van der Waals surface area contributed by atoms with Gasteiger partial charge in [0.15, 0.2) is 0 Å². The first kappa shape index (κ1) is 13.1. The molecule has 3 N–H and O–H groups in total. The van der Waals surface area contributed by atoms with E-state index in [1.165, 1.54) is 0 Å². The molecule has 0 fully saturated rings. The molecule has 1 heterocycles. The van der Waals surface area contributed by atoms with Gasteiger partial charge in [-0.25, -0.2) is 5.43 Å². The molecular formula is C12H12BrClN2S. The molecule has 2 nitrogen and oxygen atoms in total. The molecule has 0 spiro atoms. The van der Waals surface area contributed by atoms with E-state index in [2.05, 4.69) is 32.8 Å². The molecule has 0 aliphatic carbocycles. The monoisotopic (exact) mass is 330 g/mol. The molecule has 0 saturated carbocycles. The number of nitrogens with two attached hydrogens (primary N) is 1. The minimum Gasteiger partial charge on any atom is -0.271 e. The van der Waals surface area contributed by atoms with Crippen molar-refractivity contribution in [2.45, 2.75) is 13.0 Å². The predicted molar refractivity (Wildman–Crippen MR) is 77.4 cm³/mol. The summed E-state index contributed by atoms with van der Waals surface area (Å²) in [5.41, 5.74) is 6.08. The van der Waals surface area contributed by atoms with Crippen LogP contribution in [0.15, 0.2) is 33.4 Å². The second kappa shape index (κ2) is 5.50. The fourth-order valence-electron chi connectivity index (χ4n) is 1.65. The van der Waals surface area contributed by atoms with Crippen molar-refractivity contribution in [3.05, 3.63) is 55.1 Å². The number of aryl methyl sites for hydroxylation is 1. The highest BCUT2D eigenvalue weighted by atomic mass is 79.9. The van der Waals surface area contributed by atoms with E-state index in [4.69, 9.17) is 17.4 Å². The van der Waals surface area contributed by atoms with Crippen molar-refractivity contribution in [1.29, 1.82) is 0 Å². The summed E-state index contributed by atoms with van der Waals surface area (Å²) in [5.74, 6) is 5.63. The highest BCUT2D eigenvalue weighted by Crippen LogP contribution is 2.30. The zero-order valence-electron chi connectivity index (χ0n) is 9.21. The Labute approximate surface area is 118 Å². The minimum atomic E-state index is -0.0318. The molecule has 1 unspecified atom stereocenters. The van der Waals surface area contributed by atoms with Gasteiger partial charge in [0.1, 0.15) is 0 Å². The molecule has 0 radical (unpaired) electrons. The van der Waals surface area contributed by atoms with Gasteiger partial charge in [-0.2, -0.15) is 0 Å². The minimum absolute atomic E-state index is 0.0318. The number of halogens is 2. The van der Waals surface area contributed by atoms with Crippen LogP contribution in [0.2, 0.25) is 5.02 Å². The molecule has 1 aromatic heterocycles. The van der Waals surface area contributed by atoms with Gasteiger partial charge < -0.3 is 0 Å². The van der Waals surface area contributed by atoms with Crippen LogP contribution in [0.5, 0.6) is 0 Å². The van der Waals surface area contributed by atoms with Crippen LogP contribution >= 0.6 is 38.9 Å². The Morgan fingerprint density at radius 1 is 1.35 bits per heavy atom. The number of hydrazine groups is 1. The number of nitrogens with one attached hydrogen (secondary N) is 1. The van der Waals surface area contributed by atoms with Gasteiger partial charge in [-0.1, -0.05) is 23.7 Å². The van der Waals surface area contributed by atoms with E-state index < -0.39 is 0 Å². The summed E-state index contributed by atoms with van der Waals surface area (Å²) in [6.45, 7) is 1.98. The third-order valence-corrected chi connectivity index (χ3v) is 4.55. The zero-order valence-corrected chi connectivity index (χ0v) is 12.4. The maximum absolute atomic E-state index is 6.13. The van der Waals surface area contributed by atoms with Crippen LogP contribution in [0, 0.1) is 6.92 Å². The zero-order chi connectivity index (χ0) is 12.4. The normalized spacial score (nSPS) is 12.7. The second-order valence-electron chi connectivity index (χ2n) is 3.79. The molecule has 1 atom stereocenters. The van der Waals surface area contributed by atoms with Crippen molar-refractivity contribution < 1.29 is 0 Å². The number of thiophene rings is 1. The van der Waals surface area contributed by atoms with Crippen LogP contribution in [0.3, 0.4) is 0 Å². The fourth-order valence-corrected chi connectivity index (χ4v) is 3.04. The first-order valence-electron chi connectivity index (χ1n) is 5.08. The first-order valence-corrected chi connectivity index (χ1v) is 7.13. The third-order valence-electron chi connectivity index (χ3n) is 2.62. The van der Waals surface area contributed by atoms with Crippen molar-refractivity contribution in [3.63, 3.8) is 0 Å². The molecule has 0 aliphatic rings. The van der Waals surface area contributed by atoms with Crippen molar-refractivity contribution in [3.8, 4) is 0 Å². The van der Waals surface area contributed by atoms with Crippen molar-refractivity contribution in [1.82, 2.24) is 5.43 Å². The Hall–Kier alpha value is -0.390. The lowest BCUT2D eigenvalue weighted by molar-refractivity contribution is 0.638. The van der Waals surface area contributed by atoms with E-state index in [0.717, 1.165) is 25.5 Å². The van der Waals surface area contributed by atoms with E-state index in [-0.39, 0.29) is 6.04 Å². The van der Waals surface area contributed by atoms with Gasteiger partial charge in [-0.15, -0.1) is 11.3 Å². The summed E-state index contributed by atoms with van der Waals surface area (Å²) in [6, 6.07) is 8.02. The lowest BCUT2D eigenvalue weighted by Crippen LogP contribution is -2.28. The Balaban J connectivity index is 2.38. The van der Waals surface area contributed by atoms with Crippen molar-refractivity contribution in [2.75, 3.05) is 0 Å². The Kier molecular flexibility index (Phi) is 4.22. The lowest BCUT2D eigenvalue weighted by Gasteiger charge is -2.16. The summed E-state index contributed by atoms with van der Waals surface area (Å²) in [5, 5.41) is 2.83. The smallest absolute Gasteiger partial charge is 0.0719 e. The predicted octanol–water partition coefficient (Wildman–Crippen LogP) is 4.03. The topological polar surface area (TPSA) is 38.0 Å². The molecule has 0 saturated heterocycles. The van der Waals surface area contributed by atoms with Gasteiger partial charge in [-0.3, -0.25) is 5.84 Å². The fraction of sp³-hybridized carbons (Fsp3) is 0.167. The average molecular weight is 332 g/mol. The highest BCUT2D eigenvalue weighted by molar-refractivity contribution is 9.11. The van der Waals surface area contributed by atoms with Gasteiger partial charge in [0, 0.05) is 5.02 Å². The van der Waals surface area contributed by atoms with Crippen molar-refractivity contribution >= 4 is 38.9 Å². The van der Waals surface area contributed by atoms with E-state index >= 15 is 0 Å². The molecule has 2 rings (SSSR count). The van der Waals surface area contributed by atoms with Gasteiger partial charge >= 0.3 is 0 Å². The molecule has 90 valence electrons. The first-order chi connectivity index (χ1) is 8.11. The maximum Gasteiger partial charge on any atom is 0.0719 e. The lowest BCUT2D eigenvalue weighted by atomic mass is 10.0. The summed E-state index contributed by atoms with van der Waals surface area (Å²) in [4.78, 5) is 0. The molecule has 2 aromatic rings. The SMILES string of the molecule is Cc1ccc(C(NN)c2csc(Br)c2)cc1Cl. The Morgan fingerprint density at radius 2 is 2.12 bits per heavy atom. The van der Waals surface area contributed by atoms with Crippen LogP contribution in [-0.4, -0.2) is 0 Å². The van der Waals surface area contributed by atoms with Gasteiger partial charge in [0.25, 0.3) is 0 Å². The summed E-state index contributed by atoms with van der Waals surface area (Å²) < 4.78 is 1.09. The van der Waals surface area contributed by atoms with Crippen LogP contribution in [-0.2, 0) is 0 Å². The van der Waals surface area contributed by atoms with Crippen LogP contribution in [0.25, 0.3) is 0 Å². The van der Waals surface area contributed by atoms with E-state index in [9.17, 15) is 0 Å². The molecule has 5 heteroatoms. The summed E-state index contributed by atoms with van der Waals surface area (Å²) in [7, 11) is 0. The van der Waals surface area contributed by atoms with Crippen LogP contribution < -0.4 is 11.3 Å². The standard InChI is InChI=1S/C12H12BrClN2S/c1-7-2-3-8(4-10(7)14)12(16-15)9-5-11(13)17-6-9/h2-6,12,16H,15H2,1H3. The van der Waals surface area contributed by atoms with Crippen LogP contribution in [0.4, 0.5) is 0 Å². The molecule has 0 aliphatic heterocycles. The highest BCUT2D eigenvalue weighted by Gasteiger charge is 2.14. The van der Waals surface area contributed by atoms with Crippen LogP contribution in [0.1, 0.15) is 22.7 Å². The molecule has 0 amide bonds.